The van der Waals surface area contributed by atoms with Crippen LogP contribution < -0.4 is 10.5 Å². The van der Waals surface area contributed by atoms with Crippen LogP contribution in [0.3, 0.4) is 0 Å². The van der Waals surface area contributed by atoms with Crippen molar-refractivity contribution in [2.24, 2.45) is 11.7 Å². The van der Waals surface area contributed by atoms with Crippen molar-refractivity contribution in [1.82, 2.24) is 4.72 Å². The lowest BCUT2D eigenvalue weighted by Gasteiger charge is -2.20. The van der Waals surface area contributed by atoms with Crippen LogP contribution in [0.5, 0.6) is 0 Å². The average Bonchev–Trinajstić information content (AvgIpc) is 2.78. The second-order valence-electron chi connectivity index (χ2n) is 5.04. The molecule has 2 atom stereocenters. The highest BCUT2D eigenvalue weighted by Gasteiger charge is 2.31. The topological polar surface area (TPSA) is 72.2 Å². The molecule has 0 saturated heterocycles. The van der Waals surface area contributed by atoms with Crippen LogP contribution in [0.25, 0.3) is 0 Å². The van der Waals surface area contributed by atoms with E-state index in [1.54, 1.807) is 19.1 Å². The van der Waals surface area contributed by atoms with Gasteiger partial charge in [-0.3, -0.25) is 0 Å². The molecule has 0 spiro atoms. The van der Waals surface area contributed by atoms with Gasteiger partial charge in [-0.2, -0.15) is 0 Å². The third-order valence-corrected chi connectivity index (χ3v) is 5.86. The van der Waals surface area contributed by atoms with Crippen LogP contribution in [0.2, 0.25) is 5.02 Å². The SMILES string of the molecule is Cc1cccc(S(=O)(=O)NC2CCCC2CN)c1Cl.Cl. The maximum Gasteiger partial charge on any atom is 0.242 e. The third kappa shape index (κ3) is 3.65. The number of hydrogen-bond acceptors (Lipinski definition) is 3. The second kappa shape index (κ2) is 7.09. The zero-order valence-electron chi connectivity index (χ0n) is 11.3. The van der Waals surface area contributed by atoms with Crippen molar-refractivity contribution in [3.63, 3.8) is 0 Å². The van der Waals surface area contributed by atoms with Crippen LogP contribution in [-0.2, 0) is 10.0 Å². The van der Waals surface area contributed by atoms with Gasteiger partial charge in [-0.25, -0.2) is 13.1 Å². The van der Waals surface area contributed by atoms with Crippen molar-refractivity contribution >= 4 is 34.0 Å². The maximum absolute atomic E-state index is 12.4. The first-order chi connectivity index (χ1) is 8.95. The molecule has 1 aliphatic carbocycles. The molecule has 1 fully saturated rings. The van der Waals surface area contributed by atoms with Crippen molar-refractivity contribution in [2.75, 3.05) is 6.54 Å². The summed E-state index contributed by atoms with van der Waals surface area (Å²) in [4.78, 5) is 0.150. The molecule has 2 unspecified atom stereocenters. The standard InChI is InChI=1S/C13H19ClN2O2S.ClH/c1-9-4-2-7-12(13(9)14)19(17,18)16-11-6-3-5-10(11)8-15;/h2,4,7,10-11,16H,3,5-6,8,15H2,1H3;1H. The smallest absolute Gasteiger partial charge is 0.242 e. The largest absolute Gasteiger partial charge is 0.330 e. The van der Waals surface area contributed by atoms with Gasteiger partial charge in [0.25, 0.3) is 0 Å². The van der Waals surface area contributed by atoms with Crippen molar-refractivity contribution in [2.45, 2.75) is 37.1 Å². The highest BCUT2D eigenvalue weighted by atomic mass is 35.5. The van der Waals surface area contributed by atoms with Crippen molar-refractivity contribution in [1.29, 1.82) is 0 Å². The van der Waals surface area contributed by atoms with E-state index in [1.807, 2.05) is 0 Å². The Kier molecular flexibility index (Phi) is 6.28. The summed E-state index contributed by atoms with van der Waals surface area (Å²) < 4.78 is 27.5. The first-order valence-corrected chi connectivity index (χ1v) is 8.29. The Morgan fingerprint density at radius 3 is 2.75 bits per heavy atom. The van der Waals surface area contributed by atoms with E-state index in [0.717, 1.165) is 24.8 Å². The fourth-order valence-electron chi connectivity index (χ4n) is 2.56. The van der Waals surface area contributed by atoms with E-state index in [0.29, 0.717) is 6.54 Å². The molecular formula is C13H20Cl2N2O2S. The van der Waals surface area contributed by atoms with Gasteiger partial charge >= 0.3 is 0 Å². The zero-order valence-corrected chi connectivity index (χ0v) is 13.7. The summed E-state index contributed by atoms with van der Waals surface area (Å²) in [7, 11) is -3.58. The number of rotatable bonds is 4. The van der Waals surface area contributed by atoms with Gasteiger partial charge in [0.1, 0.15) is 4.90 Å². The number of aryl methyl sites for hydroxylation is 1. The Balaban J connectivity index is 0.00000200. The molecule has 0 aliphatic heterocycles. The van der Waals surface area contributed by atoms with E-state index < -0.39 is 10.0 Å². The Morgan fingerprint density at radius 1 is 1.40 bits per heavy atom. The molecule has 20 heavy (non-hydrogen) atoms. The summed E-state index contributed by atoms with van der Waals surface area (Å²) in [6.45, 7) is 2.30. The number of nitrogens with two attached hydrogens (primary N) is 1. The first-order valence-electron chi connectivity index (χ1n) is 6.43. The Morgan fingerprint density at radius 2 is 2.10 bits per heavy atom. The molecule has 3 N–H and O–H groups in total. The Hall–Kier alpha value is -0.330. The number of nitrogens with one attached hydrogen (secondary N) is 1. The quantitative estimate of drug-likeness (QED) is 0.885. The Bertz CT molecular complexity index is 563. The zero-order chi connectivity index (χ0) is 14.0. The van der Waals surface area contributed by atoms with Crippen molar-refractivity contribution in [3.05, 3.63) is 28.8 Å². The van der Waals surface area contributed by atoms with E-state index in [2.05, 4.69) is 4.72 Å². The molecule has 7 heteroatoms. The number of benzene rings is 1. The second-order valence-corrected chi connectivity index (χ2v) is 7.10. The van der Waals surface area contributed by atoms with E-state index in [1.165, 1.54) is 6.07 Å². The van der Waals surface area contributed by atoms with Crippen LogP contribution in [0.4, 0.5) is 0 Å². The normalized spacial score (nSPS) is 22.6. The minimum atomic E-state index is -3.58. The van der Waals surface area contributed by atoms with Gasteiger partial charge in [0.15, 0.2) is 0 Å². The average molecular weight is 339 g/mol. The lowest BCUT2D eigenvalue weighted by molar-refractivity contribution is 0.453. The van der Waals surface area contributed by atoms with E-state index >= 15 is 0 Å². The molecule has 1 aliphatic rings. The van der Waals surface area contributed by atoms with Crippen LogP contribution in [0.1, 0.15) is 24.8 Å². The summed E-state index contributed by atoms with van der Waals surface area (Å²) in [5.74, 6) is 0.221. The summed E-state index contributed by atoms with van der Waals surface area (Å²) in [5, 5.41) is 0.289. The highest BCUT2D eigenvalue weighted by Crippen LogP contribution is 2.29. The molecule has 1 aromatic rings. The maximum atomic E-state index is 12.4. The van der Waals surface area contributed by atoms with Crippen LogP contribution >= 0.6 is 24.0 Å². The number of hydrogen-bond donors (Lipinski definition) is 2. The van der Waals surface area contributed by atoms with Gasteiger partial charge in [0.2, 0.25) is 10.0 Å². The molecule has 0 bridgehead atoms. The molecule has 2 rings (SSSR count). The van der Waals surface area contributed by atoms with E-state index in [4.69, 9.17) is 17.3 Å². The minimum absolute atomic E-state index is 0. The van der Waals surface area contributed by atoms with Gasteiger partial charge in [-0.15, -0.1) is 12.4 Å². The molecule has 0 aromatic heterocycles. The van der Waals surface area contributed by atoms with E-state index in [9.17, 15) is 8.42 Å². The van der Waals surface area contributed by atoms with Gasteiger partial charge in [-0.05, 0) is 43.9 Å². The lowest BCUT2D eigenvalue weighted by Crippen LogP contribution is -2.39. The van der Waals surface area contributed by atoms with Crippen molar-refractivity contribution < 1.29 is 8.42 Å². The van der Waals surface area contributed by atoms with Crippen molar-refractivity contribution in [3.8, 4) is 0 Å². The van der Waals surface area contributed by atoms with Gasteiger partial charge in [0.05, 0.1) is 5.02 Å². The molecular weight excluding hydrogens is 319 g/mol. The van der Waals surface area contributed by atoms with Gasteiger partial charge in [0, 0.05) is 6.04 Å². The van der Waals surface area contributed by atoms with Crippen LogP contribution in [-0.4, -0.2) is 21.0 Å². The minimum Gasteiger partial charge on any atom is -0.330 e. The summed E-state index contributed by atoms with van der Waals surface area (Å²) in [6, 6.07) is 4.95. The Labute approximate surface area is 131 Å². The van der Waals surface area contributed by atoms with E-state index in [-0.39, 0.29) is 34.3 Å². The summed E-state index contributed by atoms with van der Waals surface area (Å²) in [6.07, 6.45) is 2.83. The number of sulfonamides is 1. The molecule has 4 nitrogen and oxygen atoms in total. The van der Waals surface area contributed by atoms with Gasteiger partial charge < -0.3 is 5.73 Å². The molecule has 0 amide bonds. The molecule has 114 valence electrons. The van der Waals surface area contributed by atoms with Gasteiger partial charge in [-0.1, -0.05) is 30.2 Å². The predicted octanol–water partition coefficient (Wildman–Crippen LogP) is 2.48. The number of halogens is 2. The summed E-state index contributed by atoms with van der Waals surface area (Å²) in [5.41, 5.74) is 6.43. The molecule has 1 aromatic carbocycles. The lowest BCUT2D eigenvalue weighted by atomic mass is 10.1. The fourth-order valence-corrected chi connectivity index (χ4v) is 4.49. The first kappa shape index (κ1) is 17.7. The van der Waals surface area contributed by atoms with Crippen LogP contribution in [0.15, 0.2) is 23.1 Å². The predicted molar refractivity (Wildman–Crippen MR) is 83.9 cm³/mol. The monoisotopic (exact) mass is 338 g/mol. The highest BCUT2D eigenvalue weighted by molar-refractivity contribution is 7.89. The molecule has 0 heterocycles. The van der Waals surface area contributed by atoms with Crippen LogP contribution in [0, 0.1) is 12.8 Å². The molecule has 1 saturated carbocycles. The third-order valence-electron chi connectivity index (χ3n) is 3.71. The fraction of sp³-hybridized carbons (Fsp3) is 0.538. The summed E-state index contributed by atoms with van der Waals surface area (Å²) >= 11 is 6.09. The molecule has 0 radical (unpaired) electrons.